The minimum absolute atomic E-state index is 0.619. The summed E-state index contributed by atoms with van der Waals surface area (Å²) in [5.41, 5.74) is 15.5. The minimum Gasteiger partial charge on any atom is -0.457 e. The summed E-state index contributed by atoms with van der Waals surface area (Å²) in [6.45, 7) is 0. The van der Waals surface area contributed by atoms with Gasteiger partial charge in [0.1, 0.15) is 11.5 Å². The molecule has 0 bridgehead atoms. The molecule has 56 heavy (non-hydrogen) atoms. The molecule has 11 rings (SSSR count). The maximum absolute atomic E-state index is 6.65. The number of benzene rings is 7. The van der Waals surface area contributed by atoms with Crippen molar-refractivity contribution in [3.8, 4) is 78.9 Å². The van der Waals surface area contributed by atoms with Gasteiger partial charge >= 0.3 is 0 Å². The van der Waals surface area contributed by atoms with Crippen LogP contribution in [-0.2, 0) is 5.41 Å². The van der Waals surface area contributed by atoms with Crippen LogP contribution in [0.4, 0.5) is 0 Å². The van der Waals surface area contributed by atoms with Crippen molar-refractivity contribution < 1.29 is 4.74 Å². The van der Waals surface area contributed by atoms with Crippen molar-refractivity contribution in [3.05, 3.63) is 223 Å². The van der Waals surface area contributed by atoms with Gasteiger partial charge in [-0.1, -0.05) is 158 Å². The predicted octanol–water partition coefficient (Wildman–Crippen LogP) is 12.7. The van der Waals surface area contributed by atoms with Crippen LogP contribution >= 0.6 is 0 Å². The highest BCUT2D eigenvalue weighted by Crippen LogP contribution is 2.64. The Morgan fingerprint density at radius 2 is 0.857 bits per heavy atom. The number of fused-ring (bicyclic) bond motifs is 9. The van der Waals surface area contributed by atoms with Gasteiger partial charge in [-0.05, 0) is 69.8 Å². The van der Waals surface area contributed by atoms with Crippen molar-refractivity contribution in [3.63, 3.8) is 0 Å². The van der Waals surface area contributed by atoms with Crippen LogP contribution in [-0.4, -0.2) is 15.0 Å². The Labute approximate surface area is 325 Å². The first-order chi connectivity index (χ1) is 27.8. The van der Waals surface area contributed by atoms with Gasteiger partial charge < -0.3 is 4.74 Å². The zero-order valence-electron chi connectivity index (χ0n) is 30.3. The zero-order valence-corrected chi connectivity index (χ0v) is 30.3. The number of rotatable bonds is 5. The van der Waals surface area contributed by atoms with E-state index in [0.29, 0.717) is 5.82 Å². The number of ether oxygens (including phenoxy) is 1. The van der Waals surface area contributed by atoms with Crippen LogP contribution in [0.15, 0.2) is 200 Å². The first-order valence-corrected chi connectivity index (χ1v) is 18.9. The van der Waals surface area contributed by atoms with Crippen LogP contribution in [0.2, 0.25) is 0 Å². The van der Waals surface area contributed by atoms with Gasteiger partial charge in [-0.15, -0.1) is 0 Å². The lowest BCUT2D eigenvalue weighted by Gasteiger charge is -2.39. The lowest BCUT2D eigenvalue weighted by Crippen LogP contribution is -2.32. The fraction of sp³-hybridized carbons (Fsp3) is 0.0192. The van der Waals surface area contributed by atoms with Crippen molar-refractivity contribution >= 4 is 0 Å². The fourth-order valence-electron chi connectivity index (χ4n) is 8.88. The highest BCUT2D eigenvalue weighted by molar-refractivity contribution is 6.02. The maximum Gasteiger partial charge on any atom is 0.160 e. The number of hydrogen-bond donors (Lipinski definition) is 0. The highest BCUT2D eigenvalue weighted by Gasteiger charge is 2.52. The summed E-state index contributed by atoms with van der Waals surface area (Å²) in [6, 6.07) is 68.1. The van der Waals surface area contributed by atoms with Crippen molar-refractivity contribution in [1.29, 1.82) is 0 Å². The van der Waals surface area contributed by atoms with Gasteiger partial charge in [0, 0.05) is 39.6 Å². The molecule has 1 aliphatic heterocycles. The van der Waals surface area contributed by atoms with Gasteiger partial charge in [-0.25, -0.2) is 9.97 Å². The Bertz CT molecular complexity index is 2840. The van der Waals surface area contributed by atoms with Gasteiger partial charge in [0.15, 0.2) is 5.82 Å². The molecule has 0 saturated heterocycles. The number of nitrogens with zero attached hydrogens (tertiary/aromatic N) is 3. The van der Waals surface area contributed by atoms with Crippen LogP contribution in [0, 0.1) is 0 Å². The molecule has 1 spiro atoms. The van der Waals surface area contributed by atoms with Crippen LogP contribution in [0.5, 0.6) is 11.5 Å². The number of aromatic nitrogens is 3. The molecule has 3 heterocycles. The second-order valence-electron chi connectivity index (χ2n) is 14.3. The van der Waals surface area contributed by atoms with Gasteiger partial charge in [-0.2, -0.15) is 0 Å². The molecular formula is C52H33N3O. The fourth-order valence-corrected chi connectivity index (χ4v) is 8.88. The second-order valence-corrected chi connectivity index (χ2v) is 14.3. The average molecular weight is 716 g/mol. The highest BCUT2D eigenvalue weighted by atomic mass is 16.5. The molecule has 4 heteroatoms. The minimum atomic E-state index is -0.619. The van der Waals surface area contributed by atoms with E-state index in [1.54, 1.807) is 0 Å². The summed E-state index contributed by atoms with van der Waals surface area (Å²) >= 11 is 0. The third kappa shape index (κ3) is 4.89. The van der Waals surface area contributed by atoms with E-state index in [2.05, 4.69) is 176 Å². The number of para-hydroxylation sites is 2. The average Bonchev–Trinajstić information content (AvgIpc) is 3.58. The van der Waals surface area contributed by atoms with Crippen molar-refractivity contribution in [2.24, 2.45) is 0 Å². The second kappa shape index (κ2) is 12.9. The summed E-state index contributed by atoms with van der Waals surface area (Å²) in [5, 5.41) is 0. The largest absolute Gasteiger partial charge is 0.457 e. The first kappa shape index (κ1) is 32.0. The van der Waals surface area contributed by atoms with Gasteiger partial charge in [0.25, 0.3) is 0 Å². The zero-order chi connectivity index (χ0) is 37.1. The lowest BCUT2D eigenvalue weighted by atomic mass is 9.66. The van der Waals surface area contributed by atoms with Crippen molar-refractivity contribution in [2.45, 2.75) is 5.41 Å². The quantitative estimate of drug-likeness (QED) is 0.178. The van der Waals surface area contributed by atoms with E-state index in [4.69, 9.17) is 19.7 Å². The Morgan fingerprint density at radius 1 is 0.357 bits per heavy atom. The lowest BCUT2D eigenvalue weighted by molar-refractivity contribution is 0.436. The van der Waals surface area contributed by atoms with Crippen LogP contribution < -0.4 is 4.74 Å². The summed E-state index contributed by atoms with van der Waals surface area (Å²) in [7, 11) is 0. The molecule has 2 aromatic heterocycles. The Hall–Kier alpha value is -7.43. The molecule has 0 amide bonds. The number of pyridine rings is 1. The Kier molecular flexibility index (Phi) is 7.36. The summed E-state index contributed by atoms with van der Waals surface area (Å²) in [4.78, 5) is 15.3. The van der Waals surface area contributed by atoms with Crippen LogP contribution in [0.3, 0.4) is 0 Å². The topological polar surface area (TPSA) is 47.9 Å². The van der Waals surface area contributed by atoms with Gasteiger partial charge in [0.2, 0.25) is 0 Å². The van der Waals surface area contributed by atoms with E-state index in [-0.39, 0.29) is 0 Å². The molecule has 1 aliphatic carbocycles. The molecule has 0 radical (unpaired) electrons. The first-order valence-electron chi connectivity index (χ1n) is 18.9. The molecule has 0 saturated carbocycles. The summed E-state index contributed by atoms with van der Waals surface area (Å²) in [6.07, 6.45) is 1.88. The third-order valence-corrected chi connectivity index (χ3v) is 11.2. The molecule has 0 fully saturated rings. The van der Waals surface area contributed by atoms with Gasteiger partial charge in [-0.3, -0.25) is 4.98 Å². The molecule has 7 aromatic carbocycles. The third-order valence-electron chi connectivity index (χ3n) is 11.2. The maximum atomic E-state index is 6.65. The molecule has 262 valence electrons. The molecule has 0 unspecified atom stereocenters. The van der Waals surface area contributed by atoms with Crippen molar-refractivity contribution in [1.82, 2.24) is 15.0 Å². The van der Waals surface area contributed by atoms with Crippen molar-refractivity contribution in [2.75, 3.05) is 0 Å². The molecule has 2 aliphatic rings. The summed E-state index contributed by atoms with van der Waals surface area (Å²) in [5.74, 6) is 2.41. The van der Waals surface area contributed by atoms with E-state index in [9.17, 15) is 0 Å². The van der Waals surface area contributed by atoms with Gasteiger partial charge in [0.05, 0.1) is 22.5 Å². The molecular weight excluding hydrogens is 683 g/mol. The van der Waals surface area contributed by atoms with E-state index < -0.39 is 5.41 Å². The molecule has 0 N–H and O–H groups in total. The predicted molar refractivity (Wildman–Crippen MR) is 224 cm³/mol. The van der Waals surface area contributed by atoms with E-state index in [0.717, 1.165) is 73.1 Å². The normalized spacial score (nSPS) is 12.9. The SMILES string of the molecule is c1ccc(-c2cc(-c3ccccc3)nc(-c3cccc(-c4cccc5c4-c4c(-c6ccccn6)cccc4C54c5ccccc5Oc5ccccc54)c3)n2)cc1. The number of hydrogen-bond acceptors (Lipinski definition) is 4. The molecule has 0 atom stereocenters. The Morgan fingerprint density at radius 3 is 1.48 bits per heavy atom. The smallest absolute Gasteiger partial charge is 0.160 e. The van der Waals surface area contributed by atoms with Crippen LogP contribution in [0.1, 0.15) is 22.3 Å². The van der Waals surface area contributed by atoms with Crippen LogP contribution in [0.25, 0.3) is 67.4 Å². The Balaban J connectivity index is 1.18. The molecule has 9 aromatic rings. The standard InChI is InChI=1S/C52H33N3O/c1-3-16-34(17-4-1)45-33-46(35-18-5-2-6-19-35)55-51(54-45)37-21-13-20-36(32-37)38-22-14-26-42-49(38)50-39(44-28-11-12-31-53-44)23-15-27-43(50)52(42)40-24-7-9-29-47(40)56-48-30-10-8-25-41(48)52/h1-33H. The summed E-state index contributed by atoms with van der Waals surface area (Å²) < 4.78 is 6.65. The monoisotopic (exact) mass is 715 g/mol. The molecule has 4 nitrogen and oxygen atoms in total. The van der Waals surface area contributed by atoms with E-state index in [1.165, 1.54) is 22.3 Å². The van der Waals surface area contributed by atoms with E-state index in [1.807, 2.05) is 24.4 Å². The van der Waals surface area contributed by atoms with E-state index >= 15 is 0 Å².